The third-order valence-corrected chi connectivity index (χ3v) is 2.63. The molecule has 6 heteroatoms. The number of halogens is 1. The SMILES string of the molecule is CC(C)(C)OC(=O)CC(CCI)NC(=O)OC(C)(C)C. The normalized spacial score (nSPS) is 13.6. The number of ether oxygens (including phenoxy) is 2. The zero-order chi connectivity index (χ0) is 16.0. The van der Waals surface area contributed by atoms with E-state index in [2.05, 4.69) is 27.9 Å². The number of rotatable bonds is 5. The van der Waals surface area contributed by atoms with Gasteiger partial charge in [-0.1, -0.05) is 22.6 Å². The first-order valence-corrected chi connectivity index (χ1v) is 8.23. The highest BCUT2D eigenvalue weighted by Gasteiger charge is 2.23. The summed E-state index contributed by atoms with van der Waals surface area (Å²) < 4.78 is 11.3. The van der Waals surface area contributed by atoms with E-state index in [4.69, 9.17) is 9.47 Å². The Labute approximate surface area is 135 Å². The van der Waals surface area contributed by atoms with Crippen molar-refractivity contribution in [2.75, 3.05) is 4.43 Å². The number of hydrogen-bond donors (Lipinski definition) is 1. The summed E-state index contributed by atoms with van der Waals surface area (Å²) in [5.41, 5.74) is -1.07. The highest BCUT2D eigenvalue weighted by atomic mass is 127. The molecule has 0 aromatic carbocycles. The molecule has 0 aliphatic carbocycles. The molecule has 0 rings (SSSR count). The molecule has 0 saturated carbocycles. The molecule has 0 saturated heterocycles. The molecule has 20 heavy (non-hydrogen) atoms. The van der Waals surface area contributed by atoms with E-state index in [1.54, 1.807) is 20.8 Å². The average Bonchev–Trinajstić information content (AvgIpc) is 2.10. The van der Waals surface area contributed by atoms with E-state index in [0.717, 1.165) is 4.43 Å². The minimum atomic E-state index is -0.551. The van der Waals surface area contributed by atoms with Crippen LogP contribution < -0.4 is 5.32 Å². The Morgan fingerprint density at radius 3 is 1.95 bits per heavy atom. The maximum Gasteiger partial charge on any atom is 0.407 e. The summed E-state index contributed by atoms with van der Waals surface area (Å²) in [6.07, 6.45) is 0.342. The fourth-order valence-corrected chi connectivity index (χ4v) is 2.17. The van der Waals surface area contributed by atoms with Crippen LogP contribution in [0.4, 0.5) is 4.79 Å². The molecular weight excluding hydrogens is 373 g/mol. The number of alkyl halides is 1. The van der Waals surface area contributed by atoms with Crippen LogP contribution in [-0.4, -0.2) is 33.7 Å². The largest absolute Gasteiger partial charge is 0.460 e. The van der Waals surface area contributed by atoms with E-state index in [-0.39, 0.29) is 18.4 Å². The summed E-state index contributed by atoms with van der Waals surface area (Å²) in [5, 5.41) is 2.72. The molecule has 0 heterocycles. The summed E-state index contributed by atoms with van der Waals surface area (Å²) in [5.74, 6) is -0.316. The second kappa shape index (κ2) is 8.05. The average molecular weight is 399 g/mol. The van der Waals surface area contributed by atoms with Gasteiger partial charge in [-0.05, 0) is 48.0 Å². The summed E-state index contributed by atoms with van der Waals surface area (Å²) in [6, 6.07) is -0.267. The van der Waals surface area contributed by atoms with Crippen molar-refractivity contribution in [2.45, 2.75) is 71.6 Å². The maximum absolute atomic E-state index is 11.8. The number of esters is 1. The molecule has 0 bridgehead atoms. The van der Waals surface area contributed by atoms with E-state index >= 15 is 0 Å². The van der Waals surface area contributed by atoms with Crippen molar-refractivity contribution in [1.29, 1.82) is 0 Å². The lowest BCUT2D eigenvalue weighted by atomic mass is 10.1. The van der Waals surface area contributed by atoms with Crippen LogP contribution in [0, 0.1) is 0 Å². The van der Waals surface area contributed by atoms with Gasteiger partial charge in [-0.3, -0.25) is 4.79 Å². The van der Waals surface area contributed by atoms with Gasteiger partial charge in [-0.2, -0.15) is 0 Å². The van der Waals surface area contributed by atoms with E-state index in [0.29, 0.717) is 6.42 Å². The fourth-order valence-electron chi connectivity index (χ4n) is 1.42. The molecule has 5 nitrogen and oxygen atoms in total. The molecule has 1 atom stereocenters. The van der Waals surface area contributed by atoms with E-state index < -0.39 is 17.3 Å². The van der Waals surface area contributed by atoms with Crippen LogP contribution in [0.3, 0.4) is 0 Å². The highest BCUT2D eigenvalue weighted by molar-refractivity contribution is 14.1. The molecule has 0 aliphatic rings. The lowest BCUT2D eigenvalue weighted by molar-refractivity contribution is -0.155. The van der Waals surface area contributed by atoms with Crippen LogP contribution in [0.25, 0.3) is 0 Å². The van der Waals surface area contributed by atoms with E-state index in [1.807, 2.05) is 20.8 Å². The molecule has 0 aliphatic heterocycles. The van der Waals surface area contributed by atoms with Crippen molar-refractivity contribution >= 4 is 34.7 Å². The first-order valence-electron chi connectivity index (χ1n) is 6.70. The molecular formula is C14H26INO4. The number of alkyl carbamates (subject to hydrolysis) is 1. The molecule has 1 unspecified atom stereocenters. The van der Waals surface area contributed by atoms with Gasteiger partial charge >= 0.3 is 12.1 Å². The Morgan fingerprint density at radius 2 is 1.55 bits per heavy atom. The van der Waals surface area contributed by atoms with Gasteiger partial charge in [0.2, 0.25) is 0 Å². The highest BCUT2D eigenvalue weighted by Crippen LogP contribution is 2.12. The molecule has 0 aromatic rings. The van der Waals surface area contributed by atoms with Crippen molar-refractivity contribution in [3.8, 4) is 0 Å². The minimum Gasteiger partial charge on any atom is -0.460 e. The summed E-state index contributed by atoms with van der Waals surface area (Å²) in [6.45, 7) is 10.9. The Kier molecular flexibility index (Phi) is 7.83. The van der Waals surface area contributed by atoms with Gasteiger partial charge in [-0.15, -0.1) is 0 Å². The predicted octanol–water partition coefficient (Wildman–Crippen LogP) is 3.44. The van der Waals surface area contributed by atoms with Gasteiger partial charge in [0, 0.05) is 10.5 Å². The van der Waals surface area contributed by atoms with Crippen molar-refractivity contribution < 1.29 is 19.1 Å². The van der Waals surface area contributed by atoms with Crippen LogP contribution >= 0.6 is 22.6 Å². The van der Waals surface area contributed by atoms with E-state index in [9.17, 15) is 9.59 Å². The first kappa shape index (κ1) is 19.5. The molecule has 0 spiro atoms. The van der Waals surface area contributed by atoms with Gasteiger partial charge in [0.1, 0.15) is 11.2 Å². The van der Waals surface area contributed by atoms with Gasteiger partial charge in [0.25, 0.3) is 0 Å². The second-order valence-electron chi connectivity index (χ2n) is 6.61. The van der Waals surface area contributed by atoms with Gasteiger partial charge in [0.15, 0.2) is 0 Å². The quantitative estimate of drug-likeness (QED) is 0.437. The summed E-state index contributed by atoms with van der Waals surface area (Å²) in [4.78, 5) is 23.5. The van der Waals surface area contributed by atoms with Crippen molar-refractivity contribution in [3.63, 3.8) is 0 Å². The van der Waals surface area contributed by atoms with Crippen LogP contribution in [-0.2, 0) is 14.3 Å². The van der Waals surface area contributed by atoms with Gasteiger partial charge in [-0.25, -0.2) is 4.79 Å². The van der Waals surface area contributed by atoms with Gasteiger partial charge < -0.3 is 14.8 Å². The lowest BCUT2D eigenvalue weighted by Gasteiger charge is -2.24. The third kappa shape index (κ3) is 11.3. The van der Waals surface area contributed by atoms with Crippen LogP contribution in [0.1, 0.15) is 54.4 Å². The summed E-state index contributed by atoms with van der Waals surface area (Å²) >= 11 is 2.21. The third-order valence-electron chi connectivity index (χ3n) is 2.01. The van der Waals surface area contributed by atoms with Crippen LogP contribution in [0.15, 0.2) is 0 Å². The van der Waals surface area contributed by atoms with Crippen molar-refractivity contribution in [2.24, 2.45) is 0 Å². The van der Waals surface area contributed by atoms with Gasteiger partial charge in [0.05, 0.1) is 6.42 Å². The standard InChI is InChI=1S/C14H26INO4/c1-13(2,3)19-11(17)9-10(7-8-15)16-12(18)20-14(4,5)6/h10H,7-9H2,1-6H3,(H,16,18). The summed E-state index contributed by atoms with van der Waals surface area (Å²) in [7, 11) is 0. The molecule has 1 amide bonds. The number of nitrogens with one attached hydrogen (secondary N) is 1. The zero-order valence-corrected chi connectivity index (χ0v) is 15.4. The molecule has 0 radical (unpaired) electrons. The molecule has 0 aromatic heterocycles. The predicted molar refractivity (Wildman–Crippen MR) is 87.1 cm³/mol. The Morgan fingerprint density at radius 1 is 1.05 bits per heavy atom. The van der Waals surface area contributed by atoms with Crippen molar-refractivity contribution in [1.82, 2.24) is 5.32 Å². The topological polar surface area (TPSA) is 64.6 Å². The fraction of sp³-hybridized carbons (Fsp3) is 0.857. The number of carbonyl (C=O) groups excluding carboxylic acids is 2. The smallest absolute Gasteiger partial charge is 0.407 e. The Hall–Kier alpha value is -0.530. The molecule has 1 N–H and O–H groups in total. The molecule has 118 valence electrons. The Bertz CT molecular complexity index is 301. The molecule has 0 fully saturated rings. The Balaban J connectivity index is 4.43. The van der Waals surface area contributed by atoms with E-state index in [1.165, 1.54) is 0 Å². The second-order valence-corrected chi connectivity index (χ2v) is 7.69. The maximum atomic E-state index is 11.8. The first-order chi connectivity index (χ1) is 8.93. The van der Waals surface area contributed by atoms with Crippen LogP contribution in [0.5, 0.6) is 0 Å². The minimum absolute atomic E-state index is 0.152. The van der Waals surface area contributed by atoms with Crippen molar-refractivity contribution in [3.05, 3.63) is 0 Å². The zero-order valence-electron chi connectivity index (χ0n) is 13.2. The monoisotopic (exact) mass is 399 g/mol. The number of hydrogen-bond acceptors (Lipinski definition) is 4. The van der Waals surface area contributed by atoms with Crippen LogP contribution in [0.2, 0.25) is 0 Å². The lowest BCUT2D eigenvalue weighted by Crippen LogP contribution is -2.41. The number of carbonyl (C=O) groups is 2. The number of amides is 1.